The van der Waals surface area contributed by atoms with E-state index in [4.69, 9.17) is 21.0 Å². The summed E-state index contributed by atoms with van der Waals surface area (Å²) in [5.41, 5.74) is 0. The topological polar surface area (TPSA) is 170 Å². The van der Waals surface area contributed by atoms with Gasteiger partial charge in [-0.2, -0.15) is 21.0 Å². The van der Waals surface area contributed by atoms with Crippen LogP contribution < -0.4 is 0 Å². The second-order valence-electron chi connectivity index (χ2n) is 9.27. The van der Waals surface area contributed by atoms with Gasteiger partial charge in [0.2, 0.25) is 20.0 Å². The van der Waals surface area contributed by atoms with Gasteiger partial charge in [0, 0.05) is 51.9 Å². The van der Waals surface area contributed by atoms with Crippen LogP contribution in [-0.2, 0) is 20.0 Å². The minimum atomic E-state index is -4.26. The Kier molecular flexibility index (Phi) is 20.4. The molecule has 0 saturated heterocycles. The molecule has 0 aromatic heterocycles. The number of sulfonamides is 2. The van der Waals surface area contributed by atoms with Crippen molar-refractivity contribution in [1.82, 2.24) is 8.61 Å². The Morgan fingerprint density at radius 3 is 1.11 bits per heavy atom. The van der Waals surface area contributed by atoms with Gasteiger partial charge in [-0.1, -0.05) is 26.2 Å². The maximum absolute atomic E-state index is 14.0. The van der Waals surface area contributed by atoms with E-state index in [2.05, 4.69) is 0 Å². The van der Waals surface area contributed by atoms with Crippen molar-refractivity contribution in [1.29, 1.82) is 21.0 Å². The van der Waals surface area contributed by atoms with E-state index < -0.39 is 24.6 Å². The summed E-state index contributed by atoms with van der Waals surface area (Å²) >= 11 is 0. The average molecular weight is 569 g/mol. The minimum absolute atomic E-state index is 0.0156. The smallest absolute Gasteiger partial charge is 0.211 e. The molecule has 0 aromatic rings. The normalized spacial score (nSPS) is 11.8. The summed E-state index contributed by atoms with van der Waals surface area (Å²) in [4.78, 5) is 0. The van der Waals surface area contributed by atoms with Crippen molar-refractivity contribution in [3.8, 4) is 24.3 Å². The predicted molar refractivity (Wildman–Crippen MR) is 147 cm³/mol. The number of hydrogen-bond donors (Lipinski definition) is 0. The summed E-state index contributed by atoms with van der Waals surface area (Å²) in [5.74, 6) is 0. The number of nitrogens with zero attached hydrogens (tertiary/aromatic N) is 6. The lowest BCUT2D eigenvalue weighted by Gasteiger charge is -2.31. The Balaban J connectivity index is 6.16. The molecule has 0 spiro atoms. The van der Waals surface area contributed by atoms with Crippen LogP contribution in [0.25, 0.3) is 0 Å². The first-order valence-electron chi connectivity index (χ1n) is 13.7. The molecule has 10 nitrogen and oxygen atoms in total. The molecule has 0 atom stereocenters. The van der Waals surface area contributed by atoms with Crippen LogP contribution in [0.2, 0.25) is 0 Å². The Morgan fingerprint density at radius 2 is 0.842 bits per heavy atom. The van der Waals surface area contributed by atoms with Crippen molar-refractivity contribution in [3.63, 3.8) is 0 Å². The van der Waals surface area contributed by atoms with Crippen LogP contribution in [0.4, 0.5) is 0 Å². The summed E-state index contributed by atoms with van der Waals surface area (Å²) in [5, 5.41) is 35.4. The standard InChI is InChI=1S/C26H44N6O4S2/c1-2-3-8-17-26(37(33,34)31(22-13-4-9-18-27)23-14-5-10-19-28)38(35,36)32(24-15-6-11-20-29)25-16-7-12-21-30/h26H,2-17,22-25H2,1H3. The molecular weight excluding hydrogens is 524 g/mol. The van der Waals surface area contributed by atoms with Crippen LogP contribution >= 0.6 is 0 Å². The van der Waals surface area contributed by atoms with Gasteiger partial charge in [0.1, 0.15) is 0 Å². The van der Waals surface area contributed by atoms with Gasteiger partial charge in [-0.15, -0.1) is 0 Å². The van der Waals surface area contributed by atoms with Gasteiger partial charge < -0.3 is 0 Å². The van der Waals surface area contributed by atoms with Crippen LogP contribution in [-0.4, -0.2) is 56.2 Å². The Morgan fingerprint density at radius 1 is 0.526 bits per heavy atom. The van der Waals surface area contributed by atoms with Gasteiger partial charge in [0.15, 0.2) is 4.58 Å². The zero-order chi connectivity index (χ0) is 28.7. The van der Waals surface area contributed by atoms with Crippen molar-refractivity contribution in [2.24, 2.45) is 0 Å². The van der Waals surface area contributed by atoms with E-state index >= 15 is 0 Å². The van der Waals surface area contributed by atoms with Crippen LogP contribution in [0.15, 0.2) is 0 Å². The average Bonchev–Trinajstić information content (AvgIpc) is 2.88. The lowest BCUT2D eigenvalue weighted by molar-refractivity contribution is 0.374. The second-order valence-corrected chi connectivity index (χ2v) is 13.8. The van der Waals surface area contributed by atoms with Crippen molar-refractivity contribution in [3.05, 3.63) is 0 Å². The quantitative estimate of drug-likeness (QED) is 0.147. The molecule has 0 bridgehead atoms. The molecule has 0 aliphatic carbocycles. The minimum Gasteiger partial charge on any atom is -0.211 e. The van der Waals surface area contributed by atoms with E-state index in [1.165, 1.54) is 8.61 Å². The van der Waals surface area contributed by atoms with E-state index in [1.54, 1.807) is 0 Å². The Bertz CT molecular complexity index is 898. The highest BCUT2D eigenvalue weighted by molar-refractivity contribution is 8.07. The summed E-state index contributed by atoms with van der Waals surface area (Å²) < 4.78 is 56.7. The first kappa shape index (κ1) is 35.8. The van der Waals surface area contributed by atoms with Gasteiger partial charge in [0.25, 0.3) is 0 Å². The van der Waals surface area contributed by atoms with Crippen LogP contribution in [0.3, 0.4) is 0 Å². The SMILES string of the molecule is CCCCCC(S(=O)(=O)N(CCCCC#N)CCCCC#N)S(=O)(=O)N(CCCCC#N)CCCCC#N. The van der Waals surface area contributed by atoms with Crippen LogP contribution in [0.1, 0.15) is 110 Å². The van der Waals surface area contributed by atoms with Crippen molar-refractivity contribution in [2.75, 3.05) is 26.2 Å². The molecule has 0 N–H and O–H groups in total. The number of hydrogen-bond acceptors (Lipinski definition) is 8. The van der Waals surface area contributed by atoms with Gasteiger partial charge in [-0.3, -0.25) is 0 Å². The fourth-order valence-corrected chi connectivity index (χ4v) is 9.13. The second kappa shape index (κ2) is 21.7. The highest BCUT2D eigenvalue weighted by Gasteiger charge is 2.43. The molecule has 0 radical (unpaired) electrons. The fraction of sp³-hybridized carbons (Fsp3) is 0.846. The van der Waals surface area contributed by atoms with Gasteiger partial charge in [-0.25, -0.2) is 25.4 Å². The molecule has 38 heavy (non-hydrogen) atoms. The zero-order valence-electron chi connectivity index (χ0n) is 22.9. The van der Waals surface area contributed by atoms with E-state index in [0.29, 0.717) is 89.9 Å². The number of unbranched alkanes of at least 4 members (excludes halogenated alkanes) is 10. The van der Waals surface area contributed by atoms with Crippen molar-refractivity contribution >= 4 is 20.0 Å². The molecule has 0 fully saturated rings. The molecule has 0 saturated carbocycles. The maximum atomic E-state index is 14.0. The molecule has 0 heterocycles. The third-order valence-corrected chi connectivity index (χ3v) is 11.6. The fourth-order valence-electron chi connectivity index (χ4n) is 4.05. The lowest BCUT2D eigenvalue weighted by atomic mass is 10.2. The first-order valence-corrected chi connectivity index (χ1v) is 16.7. The Labute approximate surface area is 230 Å². The molecule has 0 aliphatic rings. The highest BCUT2D eigenvalue weighted by atomic mass is 32.3. The number of nitriles is 4. The molecular formula is C26H44N6O4S2. The summed E-state index contributed by atoms with van der Waals surface area (Å²) in [6, 6.07) is 8.19. The van der Waals surface area contributed by atoms with Gasteiger partial charge >= 0.3 is 0 Å². The predicted octanol–water partition coefficient (Wildman–Crippen LogP) is 4.93. The van der Waals surface area contributed by atoms with Gasteiger partial charge in [-0.05, 0) is 57.8 Å². The monoisotopic (exact) mass is 568 g/mol. The molecule has 214 valence electrons. The van der Waals surface area contributed by atoms with Crippen LogP contribution in [0.5, 0.6) is 0 Å². The molecule has 0 aliphatic heterocycles. The molecule has 0 unspecified atom stereocenters. The maximum Gasteiger partial charge on any atom is 0.232 e. The highest BCUT2D eigenvalue weighted by Crippen LogP contribution is 2.26. The van der Waals surface area contributed by atoms with Gasteiger partial charge in [0.05, 0.1) is 24.3 Å². The van der Waals surface area contributed by atoms with E-state index in [9.17, 15) is 16.8 Å². The van der Waals surface area contributed by atoms with Crippen molar-refractivity contribution < 1.29 is 16.8 Å². The van der Waals surface area contributed by atoms with Crippen LogP contribution in [0, 0.1) is 45.3 Å². The molecule has 12 heteroatoms. The number of rotatable bonds is 24. The summed E-state index contributed by atoms with van der Waals surface area (Å²) in [7, 11) is -8.52. The van der Waals surface area contributed by atoms with Crippen molar-refractivity contribution in [2.45, 2.75) is 114 Å². The van der Waals surface area contributed by atoms with E-state index in [-0.39, 0.29) is 32.6 Å². The molecule has 0 aromatic carbocycles. The van der Waals surface area contributed by atoms with E-state index in [1.807, 2.05) is 31.2 Å². The summed E-state index contributed by atoms with van der Waals surface area (Å²) in [6.45, 7) is 2.47. The Hall–Kier alpha value is -2.22. The lowest BCUT2D eigenvalue weighted by Crippen LogP contribution is -2.49. The summed E-state index contributed by atoms with van der Waals surface area (Å²) in [6.07, 6.45) is 6.94. The zero-order valence-corrected chi connectivity index (χ0v) is 24.5. The third-order valence-electron chi connectivity index (χ3n) is 6.21. The third kappa shape index (κ3) is 14.1. The van der Waals surface area contributed by atoms with E-state index in [0.717, 1.165) is 6.42 Å². The molecule has 0 rings (SSSR count). The molecule has 0 amide bonds. The first-order chi connectivity index (χ1) is 18.2. The largest absolute Gasteiger partial charge is 0.232 e.